The highest BCUT2D eigenvalue weighted by Gasteiger charge is 2.00. The molecule has 1 rings (SSSR count). The fourth-order valence-electron chi connectivity index (χ4n) is 0.785. The fraction of sp³-hybridized carbons (Fsp3) is 0.125. The van der Waals surface area contributed by atoms with E-state index in [1.54, 1.807) is 0 Å². The molecule has 0 unspecified atom stereocenters. The van der Waals surface area contributed by atoms with Gasteiger partial charge in [0.15, 0.2) is 0 Å². The van der Waals surface area contributed by atoms with Gasteiger partial charge in [-0.25, -0.2) is 0 Å². The molecule has 1 aromatic rings. The van der Waals surface area contributed by atoms with E-state index in [1.807, 2.05) is 24.3 Å². The van der Waals surface area contributed by atoms with Gasteiger partial charge in [-0.1, -0.05) is 12.1 Å². The molecule has 0 atom stereocenters. The second-order valence-electron chi connectivity index (χ2n) is 2.12. The monoisotopic (exact) mass is 220 g/mol. The molecule has 0 heterocycles. The van der Waals surface area contributed by atoms with E-state index < -0.39 is 4.57 Å². The first-order chi connectivity index (χ1) is 5.72. The summed E-state index contributed by atoms with van der Waals surface area (Å²) in [5, 5.41) is 0. The van der Waals surface area contributed by atoms with Crippen LogP contribution in [0.5, 0.6) is 0 Å². The summed E-state index contributed by atoms with van der Waals surface area (Å²) >= 11 is 11.8. The summed E-state index contributed by atoms with van der Waals surface area (Å²) in [5.41, 5.74) is 0.986. The number of rotatable bonds is 2. The summed E-state index contributed by atoms with van der Waals surface area (Å²) < 4.78 is -0.429. The molecule has 0 spiro atoms. The summed E-state index contributed by atoms with van der Waals surface area (Å²) in [7, 11) is 0. The zero-order valence-electron chi connectivity index (χ0n) is 6.09. The molecule has 12 heavy (non-hydrogen) atoms. The van der Waals surface area contributed by atoms with Crippen LogP contribution >= 0.6 is 35.0 Å². The maximum atomic E-state index is 10.5. The van der Waals surface area contributed by atoms with Gasteiger partial charge in [-0.15, -0.1) is 11.6 Å². The lowest BCUT2D eigenvalue weighted by atomic mass is 10.2. The normalized spacial score (nSPS) is 9.83. The van der Waals surface area contributed by atoms with E-state index in [9.17, 15) is 4.79 Å². The highest BCUT2D eigenvalue weighted by atomic mass is 35.5. The molecule has 0 radical (unpaired) electrons. The minimum atomic E-state index is -0.429. The van der Waals surface area contributed by atoms with Gasteiger partial charge in [0.25, 0.3) is 4.57 Å². The number of halogens is 2. The number of carbonyl (C=O) groups is 1. The highest BCUT2D eigenvalue weighted by molar-refractivity contribution is 8.16. The first kappa shape index (κ1) is 9.90. The van der Waals surface area contributed by atoms with Crippen molar-refractivity contribution in [2.45, 2.75) is 10.8 Å². The molecule has 1 aromatic carbocycles. The molecule has 0 saturated carbocycles. The first-order valence-electron chi connectivity index (χ1n) is 3.24. The molecule has 4 heteroatoms. The van der Waals surface area contributed by atoms with Crippen LogP contribution in [0.25, 0.3) is 0 Å². The van der Waals surface area contributed by atoms with Crippen molar-refractivity contribution in [1.29, 1.82) is 0 Å². The van der Waals surface area contributed by atoms with Gasteiger partial charge >= 0.3 is 0 Å². The molecule has 0 aromatic heterocycles. The van der Waals surface area contributed by atoms with Crippen LogP contribution in [0.3, 0.4) is 0 Å². The van der Waals surface area contributed by atoms with Gasteiger partial charge < -0.3 is 0 Å². The van der Waals surface area contributed by atoms with Crippen LogP contribution in [0.2, 0.25) is 0 Å². The molecule has 0 bridgehead atoms. The van der Waals surface area contributed by atoms with E-state index in [2.05, 4.69) is 0 Å². The molecule has 0 amide bonds. The van der Waals surface area contributed by atoms with Crippen LogP contribution in [0, 0.1) is 0 Å². The Hall–Kier alpha value is -0.180. The van der Waals surface area contributed by atoms with Crippen LogP contribution < -0.4 is 0 Å². The van der Waals surface area contributed by atoms with Gasteiger partial charge in [0.05, 0.1) is 0 Å². The second kappa shape index (κ2) is 4.75. The van der Waals surface area contributed by atoms with E-state index in [1.165, 1.54) is 0 Å². The third-order valence-electron chi connectivity index (χ3n) is 1.25. The minimum Gasteiger partial charge on any atom is -0.268 e. The quantitative estimate of drug-likeness (QED) is 0.428. The molecule has 0 N–H and O–H groups in total. The third kappa shape index (κ3) is 3.05. The molecule has 0 fully saturated rings. The summed E-state index contributed by atoms with van der Waals surface area (Å²) in [6.45, 7) is 0. The predicted molar refractivity (Wildman–Crippen MR) is 53.1 cm³/mol. The number of benzene rings is 1. The van der Waals surface area contributed by atoms with Crippen LogP contribution in [0.1, 0.15) is 5.56 Å². The second-order valence-corrected chi connectivity index (χ2v) is 4.00. The maximum Gasteiger partial charge on any atom is 0.284 e. The number of alkyl halides is 1. The summed E-state index contributed by atoms with van der Waals surface area (Å²) in [6, 6.07) is 7.41. The van der Waals surface area contributed by atoms with Crippen LogP contribution in [-0.4, -0.2) is 4.57 Å². The average Bonchev–Trinajstić information content (AvgIpc) is 2.03. The van der Waals surface area contributed by atoms with Crippen molar-refractivity contribution >= 4 is 39.5 Å². The highest BCUT2D eigenvalue weighted by Crippen LogP contribution is 2.22. The Morgan fingerprint density at radius 3 is 2.83 bits per heavy atom. The van der Waals surface area contributed by atoms with Gasteiger partial charge in [-0.3, -0.25) is 4.79 Å². The molecule has 64 valence electrons. The van der Waals surface area contributed by atoms with E-state index in [4.69, 9.17) is 23.2 Å². The third-order valence-corrected chi connectivity index (χ3v) is 2.44. The number of hydrogen-bond donors (Lipinski definition) is 0. The molecular formula is C8H6Cl2OS. The Morgan fingerprint density at radius 2 is 2.25 bits per heavy atom. The van der Waals surface area contributed by atoms with Crippen molar-refractivity contribution < 1.29 is 4.79 Å². The molecule has 0 aliphatic heterocycles. The fourth-order valence-corrected chi connectivity index (χ4v) is 1.76. The lowest BCUT2D eigenvalue weighted by Crippen LogP contribution is -1.79. The van der Waals surface area contributed by atoms with Gasteiger partial charge in [-0.2, -0.15) is 0 Å². The Morgan fingerprint density at radius 1 is 1.50 bits per heavy atom. The van der Waals surface area contributed by atoms with Crippen molar-refractivity contribution in [2.75, 3.05) is 0 Å². The van der Waals surface area contributed by atoms with Crippen LogP contribution in [-0.2, 0) is 5.88 Å². The van der Waals surface area contributed by atoms with Crippen molar-refractivity contribution in [3.8, 4) is 0 Å². The topological polar surface area (TPSA) is 17.1 Å². The predicted octanol–water partition coefficient (Wildman–Crippen LogP) is 3.88. The smallest absolute Gasteiger partial charge is 0.268 e. The van der Waals surface area contributed by atoms with Crippen LogP contribution in [0.15, 0.2) is 29.2 Å². The SMILES string of the molecule is O=C(Cl)Sc1cccc(CCl)c1. The first-order valence-corrected chi connectivity index (χ1v) is 4.97. The van der Waals surface area contributed by atoms with Crippen LogP contribution in [0.4, 0.5) is 4.79 Å². The van der Waals surface area contributed by atoms with Gasteiger partial charge in [-0.05, 0) is 41.1 Å². The Labute approximate surface area is 85.1 Å². The number of hydrogen-bond acceptors (Lipinski definition) is 2. The van der Waals surface area contributed by atoms with Crippen molar-refractivity contribution in [1.82, 2.24) is 0 Å². The van der Waals surface area contributed by atoms with E-state index in [0.29, 0.717) is 5.88 Å². The van der Waals surface area contributed by atoms with Crippen molar-refractivity contribution in [2.24, 2.45) is 0 Å². The van der Waals surface area contributed by atoms with E-state index in [-0.39, 0.29) is 0 Å². The Kier molecular flexibility index (Phi) is 3.92. The van der Waals surface area contributed by atoms with Gasteiger partial charge in [0, 0.05) is 10.8 Å². The Bertz CT molecular complexity index is 288. The lowest BCUT2D eigenvalue weighted by molar-refractivity contribution is 0.276. The number of carbonyl (C=O) groups excluding carboxylic acids is 1. The maximum absolute atomic E-state index is 10.5. The molecule has 0 aliphatic rings. The van der Waals surface area contributed by atoms with E-state index in [0.717, 1.165) is 22.2 Å². The average molecular weight is 221 g/mol. The summed E-state index contributed by atoms with van der Waals surface area (Å²) in [6.07, 6.45) is 0. The van der Waals surface area contributed by atoms with Gasteiger partial charge in [0.1, 0.15) is 0 Å². The minimum absolute atomic E-state index is 0.429. The molecule has 0 aliphatic carbocycles. The Balaban J connectivity index is 2.79. The van der Waals surface area contributed by atoms with Crippen molar-refractivity contribution in [3.05, 3.63) is 29.8 Å². The lowest BCUT2D eigenvalue weighted by Gasteiger charge is -1.98. The van der Waals surface area contributed by atoms with E-state index >= 15 is 0 Å². The zero-order chi connectivity index (χ0) is 8.97. The molecular weight excluding hydrogens is 215 g/mol. The standard InChI is InChI=1S/C8H6Cl2OS/c9-5-6-2-1-3-7(4-6)12-8(10)11/h1-4H,5H2. The summed E-state index contributed by atoms with van der Waals surface area (Å²) in [4.78, 5) is 11.3. The van der Waals surface area contributed by atoms with Gasteiger partial charge in [0.2, 0.25) is 0 Å². The largest absolute Gasteiger partial charge is 0.284 e. The summed E-state index contributed by atoms with van der Waals surface area (Å²) in [5.74, 6) is 0.449. The van der Waals surface area contributed by atoms with Crippen molar-refractivity contribution in [3.63, 3.8) is 0 Å². The number of thioether (sulfide) groups is 1. The molecule has 1 nitrogen and oxygen atoms in total. The zero-order valence-corrected chi connectivity index (χ0v) is 8.42. The molecule has 0 saturated heterocycles.